The van der Waals surface area contributed by atoms with Crippen molar-refractivity contribution in [3.05, 3.63) is 53.1 Å². The van der Waals surface area contributed by atoms with Gasteiger partial charge < -0.3 is 9.47 Å². The van der Waals surface area contributed by atoms with E-state index in [-0.39, 0.29) is 15.7 Å². The van der Waals surface area contributed by atoms with Crippen LogP contribution in [0, 0.1) is 0 Å². The number of sulfonamides is 1. The summed E-state index contributed by atoms with van der Waals surface area (Å²) in [7, 11) is -0.804. The topological polar surface area (TPSA) is 59.1 Å². The van der Waals surface area contributed by atoms with Gasteiger partial charge in [-0.1, -0.05) is 41.9 Å². The summed E-state index contributed by atoms with van der Waals surface area (Å²) in [4.78, 5) is 2.31. The average molecular weight is 411 g/mol. The minimum Gasteiger partial charge on any atom is -0.495 e. The summed E-state index contributed by atoms with van der Waals surface area (Å²) in [5.74, 6) is 0.600. The molecule has 0 unspecified atom stereocenters. The summed E-state index contributed by atoms with van der Waals surface area (Å²) in [6.45, 7) is 2.98. The maximum atomic E-state index is 13.1. The van der Waals surface area contributed by atoms with Crippen LogP contribution in [0.2, 0.25) is 5.02 Å². The molecule has 6 nitrogen and oxygen atoms in total. The second kappa shape index (κ2) is 8.48. The largest absolute Gasteiger partial charge is 0.495 e. The second-order valence-corrected chi connectivity index (χ2v) is 8.62. The minimum absolute atomic E-state index is 0.0623. The molecule has 0 radical (unpaired) electrons. The molecule has 1 saturated heterocycles. The molecule has 27 heavy (non-hydrogen) atoms. The SMILES string of the molecule is COc1cc(OC)c(S(=O)(=O)N2CCN(Cc3ccccc3)CC2)cc1Cl. The first kappa shape index (κ1) is 19.9. The Hall–Kier alpha value is -1.80. The van der Waals surface area contributed by atoms with E-state index in [9.17, 15) is 8.42 Å². The zero-order valence-electron chi connectivity index (χ0n) is 15.4. The van der Waals surface area contributed by atoms with Crippen LogP contribution in [0.15, 0.2) is 47.4 Å². The van der Waals surface area contributed by atoms with Gasteiger partial charge in [0.25, 0.3) is 0 Å². The highest BCUT2D eigenvalue weighted by Gasteiger charge is 2.31. The zero-order chi connectivity index (χ0) is 19.4. The van der Waals surface area contributed by atoms with Gasteiger partial charge in [-0.2, -0.15) is 4.31 Å². The Morgan fingerprint density at radius 3 is 2.19 bits per heavy atom. The van der Waals surface area contributed by atoms with E-state index in [1.54, 1.807) is 0 Å². The van der Waals surface area contributed by atoms with Gasteiger partial charge >= 0.3 is 0 Å². The molecule has 0 aromatic heterocycles. The first-order valence-corrected chi connectivity index (χ1v) is 10.5. The summed E-state index contributed by atoms with van der Waals surface area (Å²) in [6.07, 6.45) is 0. The van der Waals surface area contributed by atoms with Crippen LogP contribution in [-0.2, 0) is 16.6 Å². The van der Waals surface area contributed by atoms with Crippen molar-refractivity contribution in [1.82, 2.24) is 9.21 Å². The Balaban J connectivity index is 1.74. The molecule has 1 aliphatic rings. The van der Waals surface area contributed by atoms with Crippen LogP contribution < -0.4 is 9.47 Å². The van der Waals surface area contributed by atoms with Gasteiger partial charge in [0.05, 0.1) is 19.2 Å². The third kappa shape index (κ3) is 4.38. The summed E-state index contributed by atoms with van der Waals surface area (Å²) >= 11 is 6.15. The van der Waals surface area contributed by atoms with Crippen LogP contribution in [-0.4, -0.2) is 58.0 Å². The number of benzene rings is 2. The molecule has 146 valence electrons. The van der Waals surface area contributed by atoms with E-state index in [2.05, 4.69) is 17.0 Å². The molecular weight excluding hydrogens is 388 g/mol. The van der Waals surface area contributed by atoms with Crippen LogP contribution in [0.3, 0.4) is 0 Å². The highest BCUT2D eigenvalue weighted by molar-refractivity contribution is 7.89. The van der Waals surface area contributed by atoms with Crippen LogP contribution in [0.25, 0.3) is 0 Å². The van der Waals surface area contributed by atoms with Crippen LogP contribution >= 0.6 is 11.6 Å². The first-order chi connectivity index (χ1) is 13.0. The fourth-order valence-electron chi connectivity index (χ4n) is 3.14. The van der Waals surface area contributed by atoms with E-state index in [4.69, 9.17) is 21.1 Å². The molecule has 0 atom stereocenters. The lowest BCUT2D eigenvalue weighted by Gasteiger charge is -2.34. The molecular formula is C19H23ClN2O4S. The third-order valence-electron chi connectivity index (χ3n) is 4.64. The number of hydrogen-bond donors (Lipinski definition) is 0. The molecule has 0 spiro atoms. The third-order valence-corrected chi connectivity index (χ3v) is 6.85. The lowest BCUT2D eigenvalue weighted by molar-refractivity contribution is 0.181. The van der Waals surface area contributed by atoms with Crippen molar-refractivity contribution in [3.8, 4) is 11.5 Å². The van der Waals surface area contributed by atoms with Gasteiger partial charge in [-0.3, -0.25) is 4.90 Å². The minimum atomic E-state index is -3.71. The number of rotatable bonds is 6. The predicted octanol–water partition coefficient (Wildman–Crippen LogP) is 2.86. The Morgan fingerprint density at radius 2 is 1.59 bits per heavy atom. The quantitative estimate of drug-likeness (QED) is 0.732. The van der Waals surface area contributed by atoms with Gasteiger partial charge in [-0.05, 0) is 11.6 Å². The molecule has 2 aromatic carbocycles. The number of hydrogen-bond acceptors (Lipinski definition) is 5. The summed E-state index contributed by atoms with van der Waals surface area (Å²) in [5, 5.41) is 0.236. The van der Waals surface area contributed by atoms with Crippen molar-refractivity contribution in [3.63, 3.8) is 0 Å². The molecule has 0 bridgehead atoms. The average Bonchev–Trinajstić information content (AvgIpc) is 2.69. The number of ether oxygens (including phenoxy) is 2. The van der Waals surface area contributed by atoms with Crippen LogP contribution in [0.4, 0.5) is 0 Å². The summed E-state index contributed by atoms with van der Waals surface area (Å²) in [5.41, 5.74) is 1.22. The zero-order valence-corrected chi connectivity index (χ0v) is 17.0. The molecule has 0 saturated carbocycles. The van der Waals surface area contributed by atoms with Gasteiger partial charge in [0.2, 0.25) is 10.0 Å². The molecule has 2 aromatic rings. The van der Waals surface area contributed by atoms with E-state index < -0.39 is 10.0 Å². The monoisotopic (exact) mass is 410 g/mol. The van der Waals surface area contributed by atoms with Crippen molar-refractivity contribution in [1.29, 1.82) is 0 Å². The number of nitrogens with zero attached hydrogens (tertiary/aromatic N) is 2. The molecule has 0 amide bonds. The molecule has 3 rings (SSSR count). The summed E-state index contributed by atoms with van der Waals surface area (Å²) < 4.78 is 38.1. The van der Waals surface area contributed by atoms with Crippen molar-refractivity contribution in [2.24, 2.45) is 0 Å². The summed E-state index contributed by atoms with van der Waals surface area (Å²) in [6, 6.07) is 13.1. The lowest BCUT2D eigenvalue weighted by atomic mass is 10.2. The van der Waals surface area contributed by atoms with Gasteiger partial charge in [-0.15, -0.1) is 0 Å². The van der Waals surface area contributed by atoms with Crippen LogP contribution in [0.1, 0.15) is 5.56 Å². The van der Waals surface area contributed by atoms with E-state index in [0.29, 0.717) is 31.9 Å². The lowest BCUT2D eigenvalue weighted by Crippen LogP contribution is -2.48. The van der Waals surface area contributed by atoms with E-state index in [1.807, 2.05) is 18.2 Å². The van der Waals surface area contributed by atoms with E-state index >= 15 is 0 Å². The molecule has 1 fully saturated rings. The van der Waals surface area contributed by atoms with Crippen molar-refractivity contribution in [2.45, 2.75) is 11.4 Å². The second-order valence-electron chi connectivity index (χ2n) is 6.30. The van der Waals surface area contributed by atoms with Gasteiger partial charge in [0, 0.05) is 38.8 Å². The highest BCUT2D eigenvalue weighted by atomic mass is 35.5. The maximum Gasteiger partial charge on any atom is 0.246 e. The normalized spacial score (nSPS) is 16.3. The Bertz CT molecular complexity index is 882. The molecule has 8 heteroatoms. The smallest absolute Gasteiger partial charge is 0.246 e. The van der Waals surface area contributed by atoms with Crippen molar-refractivity contribution in [2.75, 3.05) is 40.4 Å². The maximum absolute atomic E-state index is 13.1. The Labute approximate surface area is 165 Å². The molecule has 0 aliphatic carbocycles. The van der Waals surface area contributed by atoms with Crippen molar-refractivity contribution < 1.29 is 17.9 Å². The Morgan fingerprint density at radius 1 is 0.963 bits per heavy atom. The molecule has 1 heterocycles. The predicted molar refractivity (Wildman–Crippen MR) is 105 cm³/mol. The van der Waals surface area contributed by atoms with E-state index in [1.165, 1.54) is 36.2 Å². The number of piperazine rings is 1. The number of halogens is 1. The first-order valence-electron chi connectivity index (χ1n) is 8.63. The number of methoxy groups -OCH3 is 2. The van der Waals surface area contributed by atoms with E-state index in [0.717, 1.165) is 6.54 Å². The highest BCUT2D eigenvalue weighted by Crippen LogP contribution is 2.36. The fraction of sp³-hybridized carbons (Fsp3) is 0.368. The standard InChI is InChI=1S/C19H23ClN2O4S/c1-25-17-13-18(26-2)19(12-16(17)20)27(23,24)22-10-8-21(9-11-22)14-15-6-4-3-5-7-15/h3-7,12-13H,8-11,14H2,1-2H3. The van der Waals surface area contributed by atoms with Crippen molar-refractivity contribution >= 4 is 21.6 Å². The van der Waals surface area contributed by atoms with Crippen LogP contribution in [0.5, 0.6) is 11.5 Å². The van der Waals surface area contributed by atoms with Gasteiger partial charge in [0.15, 0.2) is 0 Å². The fourth-order valence-corrected chi connectivity index (χ4v) is 5.03. The van der Waals surface area contributed by atoms with Gasteiger partial charge in [0.1, 0.15) is 16.4 Å². The van der Waals surface area contributed by atoms with Gasteiger partial charge in [-0.25, -0.2) is 8.42 Å². The molecule has 1 aliphatic heterocycles. The Kier molecular flexibility index (Phi) is 6.26. The molecule has 0 N–H and O–H groups in total.